The van der Waals surface area contributed by atoms with Crippen LogP contribution in [0.3, 0.4) is 0 Å². The first kappa shape index (κ1) is 25.2. The van der Waals surface area contributed by atoms with Crippen LogP contribution in [0.25, 0.3) is 0 Å². The van der Waals surface area contributed by atoms with Gasteiger partial charge in [0.25, 0.3) is 0 Å². The minimum atomic E-state index is 0.444. The topological polar surface area (TPSA) is 61.6 Å². The van der Waals surface area contributed by atoms with E-state index in [0.717, 1.165) is 22.6 Å². The highest BCUT2D eigenvalue weighted by molar-refractivity contribution is 5.84. The van der Waals surface area contributed by atoms with Crippen molar-refractivity contribution in [3.8, 4) is 23.0 Å². The normalized spacial score (nSPS) is 11.6. The van der Waals surface area contributed by atoms with Gasteiger partial charge in [0, 0.05) is 0 Å². The van der Waals surface area contributed by atoms with Gasteiger partial charge >= 0.3 is 0 Å². The second kappa shape index (κ2) is 13.4. The molecule has 6 heteroatoms. The maximum absolute atomic E-state index is 5.84. The van der Waals surface area contributed by atoms with Crippen LogP contribution in [0.15, 0.2) is 46.6 Å². The van der Waals surface area contributed by atoms with Gasteiger partial charge in [-0.15, -0.1) is 0 Å². The zero-order valence-electron chi connectivity index (χ0n) is 20.1. The van der Waals surface area contributed by atoms with E-state index in [1.807, 2.05) is 50.2 Å². The van der Waals surface area contributed by atoms with Crippen LogP contribution in [0.2, 0.25) is 0 Å². The molecule has 0 saturated heterocycles. The van der Waals surface area contributed by atoms with Crippen molar-refractivity contribution in [3.63, 3.8) is 0 Å². The molecule has 0 amide bonds. The first-order chi connectivity index (χ1) is 15.4. The zero-order chi connectivity index (χ0) is 23.3. The highest BCUT2D eigenvalue weighted by Gasteiger charge is 2.08. The SMILES string of the molecule is CCOc1cc(/C=N/N=C/c2ccc(OCC(C)C)c(OCC)c2)ccc1OCC(C)C. The Hall–Kier alpha value is -3.02. The Morgan fingerprint density at radius 1 is 0.625 bits per heavy atom. The first-order valence-corrected chi connectivity index (χ1v) is 11.3. The Labute approximate surface area is 192 Å². The van der Waals surface area contributed by atoms with E-state index in [2.05, 4.69) is 37.9 Å². The van der Waals surface area contributed by atoms with Crippen LogP contribution in [0.4, 0.5) is 0 Å². The summed E-state index contributed by atoms with van der Waals surface area (Å²) in [5.74, 6) is 3.78. The molecule has 0 unspecified atom stereocenters. The number of rotatable bonds is 13. The van der Waals surface area contributed by atoms with E-state index in [9.17, 15) is 0 Å². The fraction of sp³-hybridized carbons (Fsp3) is 0.462. The van der Waals surface area contributed by atoms with Gasteiger partial charge in [-0.25, -0.2) is 0 Å². The minimum absolute atomic E-state index is 0.444. The van der Waals surface area contributed by atoms with Crippen LogP contribution < -0.4 is 18.9 Å². The molecule has 2 aromatic carbocycles. The van der Waals surface area contributed by atoms with E-state index in [1.165, 1.54) is 0 Å². The number of nitrogens with zero attached hydrogens (tertiary/aromatic N) is 2. The monoisotopic (exact) mass is 440 g/mol. The number of ether oxygens (including phenoxy) is 4. The van der Waals surface area contributed by atoms with Crippen LogP contribution in [0.1, 0.15) is 52.7 Å². The summed E-state index contributed by atoms with van der Waals surface area (Å²) in [7, 11) is 0. The summed E-state index contributed by atoms with van der Waals surface area (Å²) < 4.78 is 23.1. The number of hydrogen-bond acceptors (Lipinski definition) is 6. The molecule has 0 spiro atoms. The predicted octanol–water partition coefficient (Wildman–Crippen LogP) is 6.01. The molecule has 0 N–H and O–H groups in total. The zero-order valence-corrected chi connectivity index (χ0v) is 20.1. The van der Waals surface area contributed by atoms with Gasteiger partial charge in [-0.1, -0.05) is 27.7 Å². The van der Waals surface area contributed by atoms with Crippen molar-refractivity contribution < 1.29 is 18.9 Å². The molecule has 32 heavy (non-hydrogen) atoms. The lowest BCUT2D eigenvalue weighted by molar-refractivity contribution is 0.248. The molecule has 0 atom stereocenters. The summed E-state index contributed by atoms with van der Waals surface area (Å²) in [4.78, 5) is 0. The number of benzene rings is 2. The fourth-order valence-electron chi connectivity index (χ4n) is 2.70. The van der Waals surface area contributed by atoms with E-state index < -0.39 is 0 Å². The van der Waals surface area contributed by atoms with Crippen molar-refractivity contribution in [2.75, 3.05) is 26.4 Å². The Morgan fingerprint density at radius 3 is 1.38 bits per heavy atom. The maximum atomic E-state index is 5.84. The summed E-state index contributed by atoms with van der Waals surface area (Å²) >= 11 is 0. The lowest BCUT2D eigenvalue weighted by Gasteiger charge is -2.13. The Bertz CT molecular complexity index is 818. The molecular formula is C26H36N2O4. The quantitative estimate of drug-likeness (QED) is 0.283. The first-order valence-electron chi connectivity index (χ1n) is 11.3. The van der Waals surface area contributed by atoms with Crippen molar-refractivity contribution in [1.29, 1.82) is 0 Å². The lowest BCUT2D eigenvalue weighted by atomic mass is 10.2. The van der Waals surface area contributed by atoms with E-state index >= 15 is 0 Å². The molecule has 2 aromatic rings. The molecule has 6 nitrogen and oxygen atoms in total. The van der Waals surface area contributed by atoms with E-state index in [4.69, 9.17) is 18.9 Å². The van der Waals surface area contributed by atoms with Crippen molar-refractivity contribution in [1.82, 2.24) is 0 Å². The van der Waals surface area contributed by atoms with Gasteiger partial charge in [-0.3, -0.25) is 0 Å². The molecule has 174 valence electrons. The Balaban J connectivity index is 2.08. The summed E-state index contributed by atoms with van der Waals surface area (Å²) in [5.41, 5.74) is 1.77. The standard InChI is InChI=1S/C26H36N2O4/c1-7-29-25-13-21(9-11-23(25)31-17-19(3)4)15-27-28-16-22-10-12-24(32-18-20(5)6)26(14-22)30-8-2/h9-16,19-20H,7-8,17-18H2,1-6H3/b27-15+,28-16+. The van der Waals surface area contributed by atoms with Crippen LogP contribution in [-0.2, 0) is 0 Å². The third-order valence-corrected chi connectivity index (χ3v) is 4.16. The molecule has 0 heterocycles. The molecule has 0 radical (unpaired) electrons. The summed E-state index contributed by atoms with van der Waals surface area (Å²) in [6, 6.07) is 11.5. The molecule has 0 bridgehead atoms. The number of hydrogen-bond donors (Lipinski definition) is 0. The summed E-state index contributed by atoms with van der Waals surface area (Å²) in [6.45, 7) is 14.8. The molecule has 0 aliphatic heterocycles. The largest absolute Gasteiger partial charge is 0.490 e. The molecule has 0 saturated carbocycles. The van der Waals surface area contributed by atoms with Gasteiger partial charge in [0.15, 0.2) is 23.0 Å². The van der Waals surface area contributed by atoms with E-state index in [-0.39, 0.29) is 0 Å². The Morgan fingerprint density at radius 2 is 1.03 bits per heavy atom. The fourth-order valence-corrected chi connectivity index (χ4v) is 2.70. The molecular weight excluding hydrogens is 404 g/mol. The third kappa shape index (κ3) is 8.61. The molecule has 0 aromatic heterocycles. The van der Waals surface area contributed by atoms with Gasteiger partial charge < -0.3 is 18.9 Å². The average Bonchev–Trinajstić information content (AvgIpc) is 2.75. The highest BCUT2D eigenvalue weighted by Crippen LogP contribution is 2.29. The average molecular weight is 441 g/mol. The molecule has 0 fully saturated rings. The second-order valence-electron chi connectivity index (χ2n) is 8.18. The van der Waals surface area contributed by atoms with E-state index in [0.29, 0.717) is 49.8 Å². The van der Waals surface area contributed by atoms with Crippen LogP contribution >= 0.6 is 0 Å². The van der Waals surface area contributed by atoms with Crippen molar-refractivity contribution in [2.24, 2.45) is 22.0 Å². The van der Waals surface area contributed by atoms with Gasteiger partial charge in [0.2, 0.25) is 0 Å². The van der Waals surface area contributed by atoms with Gasteiger partial charge in [0.1, 0.15) is 0 Å². The van der Waals surface area contributed by atoms with Crippen LogP contribution in [-0.4, -0.2) is 38.9 Å². The molecule has 0 aliphatic rings. The highest BCUT2D eigenvalue weighted by atomic mass is 16.5. The van der Waals surface area contributed by atoms with Crippen molar-refractivity contribution in [3.05, 3.63) is 47.5 Å². The second-order valence-corrected chi connectivity index (χ2v) is 8.18. The lowest BCUT2D eigenvalue weighted by Crippen LogP contribution is -2.06. The molecule has 0 aliphatic carbocycles. The smallest absolute Gasteiger partial charge is 0.161 e. The minimum Gasteiger partial charge on any atom is -0.490 e. The summed E-state index contributed by atoms with van der Waals surface area (Å²) in [6.07, 6.45) is 3.38. The van der Waals surface area contributed by atoms with E-state index in [1.54, 1.807) is 12.4 Å². The Kier molecular flexibility index (Phi) is 10.6. The molecule has 2 rings (SSSR count). The van der Waals surface area contributed by atoms with Crippen molar-refractivity contribution in [2.45, 2.75) is 41.5 Å². The predicted molar refractivity (Wildman–Crippen MR) is 131 cm³/mol. The van der Waals surface area contributed by atoms with Crippen molar-refractivity contribution >= 4 is 12.4 Å². The summed E-state index contributed by atoms with van der Waals surface area (Å²) in [5, 5.41) is 8.35. The van der Waals surface area contributed by atoms with Gasteiger partial charge in [-0.2, -0.15) is 10.2 Å². The van der Waals surface area contributed by atoms with Gasteiger partial charge in [-0.05, 0) is 73.2 Å². The van der Waals surface area contributed by atoms with Crippen LogP contribution in [0, 0.1) is 11.8 Å². The third-order valence-electron chi connectivity index (χ3n) is 4.16. The van der Waals surface area contributed by atoms with Gasteiger partial charge in [0.05, 0.1) is 38.9 Å². The maximum Gasteiger partial charge on any atom is 0.161 e. The van der Waals surface area contributed by atoms with Crippen LogP contribution in [0.5, 0.6) is 23.0 Å².